The maximum Gasteiger partial charge on any atom is 0.185 e. The fourth-order valence-corrected chi connectivity index (χ4v) is 9.76. The van der Waals surface area contributed by atoms with E-state index in [9.17, 15) is 16.8 Å². The van der Waals surface area contributed by atoms with Crippen LogP contribution in [0.5, 0.6) is 0 Å². The molecule has 33 heavy (non-hydrogen) atoms. The summed E-state index contributed by atoms with van der Waals surface area (Å²) in [5, 5.41) is -2.66. The van der Waals surface area contributed by atoms with Crippen molar-refractivity contribution in [1.82, 2.24) is 0 Å². The summed E-state index contributed by atoms with van der Waals surface area (Å²) in [6.07, 6.45) is 4.55. The monoisotopic (exact) mass is 490 g/mol. The highest BCUT2D eigenvalue weighted by Gasteiger charge is 2.66. The molecule has 3 aliphatic rings. The van der Waals surface area contributed by atoms with Crippen LogP contribution in [0.4, 0.5) is 0 Å². The third kappa shape index (κ3) is 3.95. The van der Waals surface area contributed by atoms with Gasteiger partial charge in [-0.05, 0) is 43.5 Å². The highest BCUT2D eigenvalue weighted by Crippen LogP contribution is 2.48. The zero-order valence-corrected chi connectivity index (χ0v) is 19.6. The lowest BCUT2D eigenvalue weighted by Gasteiger charge is -2.34. The summed E-state index contributed by atoms with van der Waals surface area (Å²) in [6, 6.07) is 15.8. The SMILES string of the molecule is O=S(=O)(c1ccccc1)[C@H]1[C@@H](S(=O)(=O)c2ccccc2)[C@]2(CO[C@@H]3CCCCO3)C=C[C@H]1O2. The summed E-state index contributed by atoms with van der Waals surface area (Å²) >= 11 is 0. The fraction of sp³-hybridized carbons (Fsp3) is 0.417. The molecule has 2 aromatic carbocycles. The van der Waals surface area contributed by atoms with Crippen LogP contribution in [0.25, 0.3) is 0 Å². The number of ether oxygens (including phenoxy) is 3. The van der Waals surface area contributed by atoms with Gasteiger partial charge in [-0.15, -0.1) is 0 Å². The molecule has 0 N–H and O–H groups in total. The minimum Gasteiger partial charge on any atom is -0.358 e. The van der Waals surface area contributed by atoms with Crippen molar-refractivity contribution >= 4 is 19.7 Å². The van der Waals surface area contributed by atoms with Crippen LogP contribution < -0.4 is 0 Å². The van der Waals surface area contributed by atoms with Gasteiger partial charge < -0.3 is 14.2 Å². The predicted molar refractivity (Wildman–Crippen MR) is 121 cm³/mol. The Balaban J connectivity index is 1.57. The van der Waals surface area contributed by atoms with E-state index < -0.39 is 48.2 Å². The van der Waals surface area contributed by atoms with Crippen LogP contribution >= 0.6 is 0 Å². The minimum atomic E-state index is -4.10. The van der Waals surface area contributed by atoms with E-state index >= 15 is 0 Å². The van der Waals surface area contributed by atoms with E-state index in [2.05, 4.69) is 0 Å². The third-order valence-electron chi connectivity index (χ3n) is 6.50. The quantitative estimate of drug-likeness (QED) is 0.551. The topological polar surface area (TPSA) is 96.0 Å². The fourth-order valence-electron chi connectivity index (χ4n) is 4.91. The Kier molecular flexibility index (Phi) is 5.95. The lowest BCUT2D eigenvalue weighted by atomic mass is 9.94. The number of sulfone groups is 2. The summed E-state index contributed by atoms with van der Waals surface area (Å²) in [7, 11) is -8.13. The lowest BCUT2D eigenvalue weighted by Crippen LogP contribution is -2.54. The molecule has 2 fully saturated rings. The average Bonchev–Trinajstić information content (AvgIpc) is 3.42. The van der Waals surface area contributed by atoms with Crippen molar-refractivity contribution in [3.05, 3.63) is 72.8 Å². The van der Waals surface area contributed by atoms with Crippen molar-refractivity contribution < 1.29 is 31.0 Å². The molecular formula is C24H26O7S2. The molecule has 0 radical (unpaired) electrons. The average molecular weight is 491 g/mol. The molecular weight excluding hydrogens is 464 g/mol. The first-order valence-corrected chi connectivity index (χ1v) is 14.1. The normalized spacial score (nSPS) is 31.6. The van der Waals surface area contributed by atoms with Crippen molar-refractivity contribution in [2.75, 3.05) is 13.2 Å². The van der Waals surface area contributed by atoms with E-state index in [1.807, 2.05) is 0 Å². The van der Waals surface area contributed by atoms with Crippen LogP contribution in [-0.4, -0.2) is 58.5 Å². The minimum absolute atomic E-state index is 0.0566. The molecule has 0 aromatic heterocycles. The van der Waals surface area contributed by atoms with Crippen LogP contribution in [0, 0.1) is 0 Å². The molecule has 5 atom stereocenters. The van der Waals surface area contributed by atoms with Gasteiger partial charge in [0.2, 0.25) is 0 Å². The van der Waals surface area contributed by atoms with Crippen LogP contribution in [-0.2, 0) is 33.9 Å². The molecule has 3 heterocycles. The maximum atomic E-state index is 13.9. The molecule has 9 heteroatoms. The number of rotatable bonds is 7. The Hall–Kier alpha value is -2.04. The molecule has 0 unspecified atom stereocenters. The van der Waals surface area contributed by atoms with Gasteiger partial charge in [-0.1, -0.05) is 48.6 Å². The van der Waals surface area contributed by atoms with Gasteiger partial charge in [-0.2, -0.15) is 0 Å². The Morgan fingerprint density at radius 2 is 1.52 bits per heavy atom. The van der Waals surface area contributed by atoms with Gasteiger partial charge >= 0.3 is 0 Å². The van der Waals surface area contributed by atoms with Gasteiger partial charge in [0.25, 0.3) is 0 Å². The van der Waals surface area contributed by atoms with Crippen molar-refractivity contribution in [2.45, 2.75) is 57.5 Å². The molecule has 0 aliphatic carbocycles. The Bertz CT molecular complexity index is 1220. The van der Waals surface area contributed by atoms with Gasteiger partial charge in [0.05, 0.1) is 22.5 Å². The zero-order chi connectivity index (χ0) is 23.1. The van der Waals surface area contributed by atoms with Crippen LogP contribution in [0.1, 0.15) is 19.3 Å². The van der Waals surface area contributed by atoms with Crippen LogP contribution in [0.2, 0.25) is 0 Å². The molecule has 176 valence electrons. The third-order valence-corrected chi connectivity index (χ3v) is 11.1. The molecule has 0 amide bonds. The Morgan fingerprint density at radius 3 is 2.12 bits per heavy atom. The Morgan fingerprint density at radius 1 is 0.879 bits per heavy atom. The van der Waals surface area contributed by atoms with E-state index in [0.717, 1.165) is 12.8 Å². The number of hydrogen-bond donors (Lipinski definition) is 0. The second kappa shape index (κ2) is 8.63. The van der Waals surface area contributed by atoms with Gasteiger partial charge in [0.15, 0.2) is 26.0 Å². The number of benzene rings is 2. The van der Waals surface area contributed by atoms with Crippen LogP contribution in [0.3, 0.4) is 0 Å². The summed E-state index contributed by atoms with van der Waals surface area (Å²) in [6.45, 7) is 0.468. The molecule has 2 bridgehead atoms. The van der Waals surface area contributed by atoms with E-state index in [1.165, 1.54) is 24.3 Å². The van der Waals surface area contributed by atoms with Crippen molar-refractivity contribution in [3.8, 4) is 0 Å². The van der Waals surface area contributed by atoms with Gasteiger partial charge in [0.1, 0.15) is 16.1 Å². The second-order valence-electron chi connectivity index (χ2n) is 8.61. The van der Waals surface area contributed by atoms with Gasteiger partial charge in [-0.25, -0.2) is 16.8 Å². The second-order valence-corrected chi connectivity index (χ2v) is 12.8. The summed E-state index contributed by atoms with van der Waals surface area (Å²) in [4.78, 5) is 0.126. The number of fused-ring (bicyclic) bond motifs is 2. The zero-order valence-electron chi connectivity index (χ0n) is 17.9. The predicted octanol–water partition coefficient (Wildman–Crippen LogP) is 2.92. The molecule has 3 aliphatic heterocycles. The lowest BCUT2D eigenvalue weighted by molar-refractivity contribution is -0.185. The van der Waals surface area contributed by atoms with Crippen molar-refractivity contribution in [3.63, 3.8) is 0 Å². The highest BCUT2D eigenvalue weighted by atomic mass is 32.2. The molecule has 7 nitrogen and oxygen atoms in total. The number of hydrogen-bond acceptors (Lipinski definition) is 7. The van der Waals surface area contributed by atoms with E-state index in [4.69, 9.17) is 14.2 Å². The van der Waals surface area contributed by atoms with E-state index in [1.54, 1.807) is 48.6 Å². The summed E-state index contributed by atoms with van der Waals surface area (Å²) in [5.74, 6) is 0. The molecule has 2 saturated heterocycles. The highest BCUT2D eigenvalue weighted by molar-refractivity contribution is 7.96. The van der Waals surface area contributed by atoms with Gasteiger partial charge in [0, 0.05) is 6.61 Å². The summed E-state index contributed by atoms with van der Waals surface area (Å²) < 4.78 is 73.0. The standard InChI is InChI=1S/C24H26O7S2/c25-32(26,18-9-3-1-4-10-18)22-20-14-15-24(31-20,17-30-21-13-7-8-16-29-21)23(22)33(27,28)19-11-5-2-6-12-19/h1-6,9-12,14-15,20-23H,7-8,13,16-17H2/t20-,21-,22-,23-,24-/m1/s1. The van der Waals surface area contributed by atoms with Crippen molar-refractivity contribution in [1.29, 1.82) is 0 Å². The smallest absolute Gasteiger partial charge is 0.185 e. The molecule has 0 spiro atoms. The molecule has 2 aromatic rings. The summed E-state index contributed by atoms with van der Waals surface area (Å²) in [5.41, 5.74) is -1.42. The van der Waals surface area contributed by atoms with E-state index in [-0.39, 0.29) is 16.4 Å². The first kappa shape index (κ1) is 22.7. The molecule has 5 rings (SSSR count). The first-order chi connectivity index (χ1) is 15.8. The molecule has 0 saturated carbocycles. The maximum absolute atomic E-state index is 13.9. The Labute approximate surface area is 194 Å². The van der Waals surface area contributed by atoms with E-state index in [0.29, 0.717) is 13.0 Å². The van der Waals surface area contributed by atoms with Crippen molar-refractivity contribution in [2.24, 2.45) is 0 Å². The largest absolute Gasteiger partial charge is 0.358 e. The van der Waals surface area contributed by atoms with Crippen LogP contribution in [0.15, 0.2) is 82.6 Å². The van der Waals surface area contributed by atoms with Gasteiger partial charge in [-0.3, -0.25) is 0 Å². The first-order valence-electron chi connectivity index (χ1n) is 11.0.